The van der Waals surface area contributed by atoms with E-state index in [-0.39, 0.29) is 24.2 Å². The van der Waals surface area contributed by atoms with Crippen molar-refractivity contribution in [2.45, 2.75) is 71.3 Å². The number of hydrogen-bond acceptors (Lipinski definition) is 5. The number of alkyl halides is 1. The van der Waals surface area contributed by atoms with Gasteiger partial charge in [-0.3, -0.25) is 4.79 Å². The van der Waals surface area contributed by atoms with E-state index in [4.69, 9.17) is 9.47 Å². The highest BCUT2D eigenvalue weighted by molar-refractivity contribution is 9.09. The monoisotopic (exact) mass is 460 g/mol. The maximum atomic E-state index is 11.9. The third-order valence-electron chi connectivity index (χ3n) is 4.26. The van der Waals surface area contributed by atoms with Crippen LogP contribution in [0.3, 0.4) is 0 Å². The number of ether oxygens (including phenoxy) is 2. The van der Waals surface area contributed by atoms with Crippen molar-refractivity contribution in [1.29, 1.82) is 0 Å². The molecule has 160 valence electrons. The number of carboxylic acids is 1. The molecule has 0 fully saturated rings. The van der Waals surface area contributed by atoms with E-state index < -0.39 is 29.9 Å². The first-order valence-corrected chi connectivity index (χ1v) is 10.8. The molecule has 0 radical (unpaired) electrons. The van der Waals surface area contributed by atoms with E-state index in [1.54, 1.807) is 0 Å². The van der Waals surface area contributed by atoms with Crippen LogP contribution in [0.15, 0.2) is 24.3 Å². The van der Waals surface area contributed by atoms with Crippen LogP contribution in [-0.4, -0.2) is 41.1 Å². The van der Waals surface area contributed by atoms with Crippen molar-refractivity contribution in [2.24, 2.45) is 5.92 Å². The maximum absolute atomic E-state index is 11.9. The highest BCUT2D eigenvalue weighted by Crippen LogP contribution is 2.22. The van der Waals surface area contributed by atoms with Gasteiger partial charge < -0.3 is 14.6 Å². The first kappa shape index (κ1) is 26.4. The fourth-order valence-corrected chi connectivity index (χ4v) is 3.00. The summed E-state index contributed by atoms with van der Waals surface area (Å²) < 4.78 is 10.4. The molecular formula is C21H33BrO6. The molecule has 0 saturated carbocycles. The Kier molecular flexibility index (Phi) is 14.4. The second kappa shape index (κ2) is 15.3. The standard InChI is InChI=1S/C21H33BrO6/c1-15(2)20(25)27-14-12-18(28-21(26)16(3)4)17(19(23)24)11-9-7-5-6-8-10-13-22/h17-18H,1,3,5-14H2,2,4H3,(H,23,24). The minimum Gasteiger partial charge on any atom is -0.481 e. The molecule has 0 aromatic carbocycles. The number of rotatable bonds is 16. The van der Waals surface area contributed by atoms with Gasteiger partial charge >= 0.3 is 17.9 Å². The molecule has 0 rings (SSSR count). The van der Waals surface area contributed by atoms with Gasteiger partial charge in [0.25, 0.3) is 0 Å². The summed E-state index contributed by atoms with van der Waals surface area (Å²) in [5.41, 5.74) is 0.449. The molecule has 0 heterocycles. The summed E-state index contributed by atoms with van der Waals surface area (Å²) in [6.45, 7) is 10.0. The molecule has 0 aromatic heterocycles. The largest absolute Gasteiger partial charge is 0.481 e. The smallest absolute Gasteiger partial charge is 0.333 e. The number of esters is 2. The highest BCUT2D eigenvalue weighted by atomic mass is 79.9. The van der Waals surface area contributed by atoms with E-state index in [0.717, 1.165) is 43.9 Å². The van der Waals surface area contributed by atoms with Gasteiger partial charge in [0.2, 0.25) is 0 Å². The molecule has 0 spiro atoms. The SMILES string of the molecule is C=C(C)C(=O)OCCC(OC(=O)C(=C)C)C(CCCCCCCCBr)C(=O)O. The Bertz CT molecular complexity index is 543. The summed E-state index contributed by atoms with van der Waals surface area (Å²) in [5, 5.41) is 10.6. The van der Waals surface area contributed by atoms with E-state index in [1.165, 1.54) is 13.8 Å². The summed E-state index contributed by atoms with van der Waals surface area (Å²) in [6.07, 6.45) is 5.75. The van der Waals surface area contributed by atoms with Crippen LogP contribution in [0.4, 0.5) is 0 Å². The van der Waals surface area contributed by atoms with Gasteiger partial charge in [0.1, 0.15) is 6.10 Å². The molecule has 2 unspecified atom stereocenters. The third-order valence-corrected chi connectivity index (χ3v) is 4.82. The number of carbonyl (C=O) groups is 3. The average molecular weight is 461 g/mol. The van der Waals surface area contributed by atoms with Gasteiger partial charge in [0.05, 0.1) is 12.5 Å². The summed E-state index contributed by atoms with van der Waals surface area (Å²) in [7, 11) is 0. The lowest BCUT2D eigenvalue weighted by Gasteiger charge is -2.24. The third kappa shape index (κ3) is 12.0. The summed E-state index contributed by atoms with van der Waals surface area (Å²) >= 11 is 3.40. The topological polar surface area (TPSA) is 89.9 Å². The van der Waals surface area contributed by atoms with Crippen LogP contribution < -0.4 is 0 Å². The molecule has 7 heteroatoms. The molecule has 6 nitrogen and oxygen atoms in total. The molecule has 28 heavy (non-hydrogen) atoms. The maximum Gasteiger partial charge on any atom is 0.333 e. The second-order valence-electron chi connectivity index (χ2n) is 6.97. The lowest BCUT2D eigenvalue weighted by Crippen LogP contribution is -2.34. The van der Waals surface area contributed by atoms with Gasteiger partial charge in [-0.15, -0.1) is 0 Å². The molecule has 0 bridgehead atoms. The van der Waals surface area contributed by atoms with Gasteiger partial charge in [-0.05, 0) is 26.7 Å². The Labute approximate surface area is 176 Å². The van der Waals surface area contributed by atoms with Crippen molar-refractivity contribution < 1.29 is 29.0 Å². The Balaban J connectivity index is 4.77. The summed E-state index contributed by atoms with van der Waals surface area (Å²) in [5.74, 6) is -3.07. The number of carboxylic acid groups (broad SMARTS) is 1. The number of halogens is 1. The zero-order valence-electron chi connectivity index (χ0n) is 17.0. The lowest BCUT2D eigenvalue weighted by molar-refractivity contribution is -0.157. The summed E-state index contributed by atoms with van der Waals surface area (Å²) in [6, 6.07) is 0. The molecule has 0 aliphatic carbocycles. The van der Waals surface area contributed by atoms with E-state index in [1.807, 2.05) is 0 Å². The van der Waals surface area contributed by atoms with Crippen LogP contribution in [0.5, 0.6) is 0 Å². The van der Waals surface area contributed by atoms with Crippen LogP contribution >= 0.6 is 15.9 Å². The Morgan fingerprint density at radius 3 is 1.93 bits per heavy atom. The van der Waals surface area contributed by atoms with Crippen LogP contribution in [0.2, 0.25) is 0 Å². The van der Waals surface area contributed by atoms with Crippen molar-refractivity contribution in [1.82, 2.24) is 0 Å². The Morgan fingerprint density at radius 1 is 0.893 bits per heavy atom. The van der Waals surface area contributed by atoms with Crippen molar-refractivity contribution >= 4 is 33.8 Å². The van der Waals surface area contributed by atoms with Crippen LogP contribution in [0.1, 0.15) is 65.2 Å². The number of unbranched alkanes of at least 4 members (excludes halogenated alkanes) is 5. The number of carbonyl (C=O) groups excluding carboxylic acids is 2. The molecule has 0 aliphatic heterocycles. The predicted octanol–water partition coefficient (Wildman–Crippen LogP) is 4.81. The highest BCUT2D eigenvalue weighted by Gasteiger charge is 2.31. The number of aliphatic carboxylic acids is 1. The van der Waals surface area contributed by atoms with Gasteiger partial charge in [-0.25, -0.2) is 9.59 Å². The van der Waals surface area contributed by atoms with E-state index in [9.17, 15) is 19.5 Å². The molecule has 0 amide bonds. The molecule has 2 atom stereocenters. The molecular weight excluding hydrogens is 428 g/mol. The van der Waals surface area contributed by atoms with Gasteiger partial charge in [0.15, 0.2) is 0 Å². The van der Waals surface area contributed by atoms with Gasteiger partial charge in [-0.2, -0.15) is 0 Å². The molecule has 0 saturated heterocycles. The van der Waals surface area contributed by atoms with Crippen molar-refractivity contribution in [3.8, 4) is 0 Å². The Morgan fingerprint density at radius 2 is 1.43 bits per heavy atom. The fraction of sp³-hybridized carbons (Fsp3) is 0.667. The second-order valence-corrected chi connectivity index (χ2v) is 7.77. The van der Waals surface area contributed by atoms with Crippen LogP contribution in [0.25, 0.3) is 0 Å². The normalized spacial score (nSPS) is 12.7. The molecule has 1 N–H and O–H groups in total. The van der Waals surface area contributed by atoms with Crippen molar-refractivity contribution in [3.05, 3.63) is 24.3 Å². The van der Waals surface area contributed by atoms with Gasteiger partial charge in [0, 0.05) is 22.9 Å². The minimum absolute atomic E-state index is 0.0455. The van der Waals surface area contributed by atoms with E-state index >= 15 is 0 Å². The molecule has 0 aromatic rings. The Hall–Kier alpha value is -1.63. The first-order chi connectivity index (χ1) is 13.2. The zero-order valence-corrected chi connectivity index (χ0v) is 18.6. The minimum atomic E-state index is -1.02. The van der Waals surface area contributed by atoms with Gasteiger partial charge in [-0.1, -0.05) is 61.2 Å². The summed E-state index contributed by atoms with van der Waals surface area (Å²) in [4.78, 5) is 35.2. The molecule has 0 aliphatic rings. The fourth-order valence-electron chi connectivity index (χ4n) is 2.61. The first-order valence-electron chi connectivity index (χ1n) is 9.68. The lowest BCUT2D eigenvalue weighted by atomic mass is 9.93. The van der Waals surface area contributed by atoms with Crippen molar-refractivity contribution in [3.63, 3.8) is 0 Å². The van der Waals surface area contributed by atoms with Crippen molar-refractivity contribution in [2.75, 3.05) is 11.9 Å². The predicted molar refractivity (Wildman–Crippen MR) is 112 cm³/mol. The quantitative estimate of drug-likeness (QED) is 0.154. The van der Waals surface area contributed by atoms with E-state index in [2.05, 4.69) is 29.1 Å². The number of hydrogen-bond donors (Lipinski definition) is 1. The van der Waals surface area contributed by atoms with Crippen LogP contribution in [-0.2, 0) is 23.9 Å². The average Bonchev–Trinajstić information content (AvgIpc) is 2.62. The van der Waals surface area contributed by atoms with E-state index in [0.29, 0.717) is 6.42 Å². The van der Waals surface area contributed by atoms with Crippen LogP contribution in [0, 0.1) is 5.92 Å². The zero-order chi connectivity index (χ0) is 21.5.